The first-order chi connectivity index (χ1) is 9.78. The van der Waals surface area contributed by atoms with Gasteiger partial charge in [0.1, 0.15) is 0 Å². The van der Waals surface area contributed by atoms with E-state index in [0.717, 1.165) is 12.6 Å². The Balaban J connectivity index is 1.62. The van der Waals surface area contributed by atoms with Gasteiger partial charge >= 0.3 is 0 Å². The molecular weight excluding hydrogens is 334 g/mol. The SMILES string of the molecule is NCC(c1ccc(Br)s1)N1CCC(N2CCCCC2)C1. The first-order valence-corrected chi connectivity index (χ1v) is 9.32. The van der Waals surface area contributed by atoms with Crippen LogP contribution in [0.4, 0.5) is 0 Å². The van der Waals surface area contributed by atoms with Crippen LogP contribution in [0.1, 0.15) is 36.6 Å². The van der Waals surface area contributed by atoms with Gasteiger partial charge in [-0.2, -0.15) is 0 Å². The first kappa shape index (κ1) is 15.0. The molecule has 20 heavy (non-hydrogen) atoms. The maximum absolute atomic E-state index is 6.05. The van der Waals surface area contributed by atoms with Crippen molar-refractivity contribution in [3.63, 3.8) is 0 Å². The van der Waals surface area contributed by atoms with Crippen LogP contribution in [0.25, 0.3) is 0 Å². The number of rotatable bonds is 4. The summed E-state index contributed by atoms with van der Waals surface area (Å²) in [6.45, 7) is 5.71. The van der Waals surface area contributed by atoms with E-state index >= 15 is 0 Å². The lowest BCUT2D eigenvalue weighted by Crippen LogP contribution is -2.41. The quantitative estimate of drug-likeness (QED) is 0.898. The van der Waals surface area contributed by atoms with Crippen LogP contribution < -0.4 is 5.73 Å². The molecule has 1 aromatic heterocycles. The van der Waals surface area contributed by atoms with E-state index in [9.17, 15) is 0 Å². The van der Waals surface area contributed by atoms with Crippen LogP contribution in [0.5, 0.6) is 0 Å². The second-order valence-corrected chi connectivity index (χ2v) is 8.42. The van der Waals surface area contributed by atoms with Crippen LogP contribution in [-0.4, -0.2) is 48.6 Å². The molecule has 0 radical (unpaired) electrons. The molecule has 0 spiro atoms. The number of hydrogen-bond donors (Lipinski definition) is 1. The number of likely N-dealkylation sites (tertiary alicyclic amines) is 2. The molecule has 2 saturated heterocycles. The van der Waals surface area contributed by atoms with Gasteiger partial charge in [-0.3, -0.25) is 9.80 Å². The summed E-state index contributed by atoms with van der Waals surface area (Å²) in [5.74, 6) is 0. The smallest absolute Gasteiger partial charge is 0.0702 e. The number of nitrogens with zero attached hydrogens (tertiary/aromatic N) is 2. The maximum atomic E-state index is 6.05. The van der Waals surface area contributed by atoms with Crippen LogP contribution in [0.3, 0.4) is 0 Å². The van der Waals surface area contributed by atoms with Gasteiger partial charge in [0.05, 0.1) is 9.83 Å². The van der Waals surface area contributed by atoms with E-state index in [-0.39, 0.29) is 0 Å². The first-order valence-electron chi connectivity index (χ1n) is 7.71. The summed E-state index contributed by atoms with van der Waals surface area (Å²) in [6.07, 6.45) is 5.49. The zero-order valence-electron chi connectivity index (χ0n) is 11.9. The molecule has 3 heterocycles. The van der Waals surface area contributed by atoms with Crippen molar-refractivity contribution >= 4 is 27.3 Å². The number of hydrogen-bond acceptors (Lipinski definition) is 4. The van der Waals surface area contributed by atoms with Crippen molar-refractivity contribution in [1.29, 1.82) is 0 Å². The average molecular weight is 358 g/mol. The fourth-order valence-electron chi connectivity index (χ4n) is 3.59. The van der Waals surface area contributed by atoms with Crippen molar-refractivity contribution in [2.75, 3.05) is 32.7 Å². The molecule has 2 aliphatic rings. The molecule has 3 nitrogen and oxygen atoms in total. The fourth-order valence-corrected chi connectivity index (χ4v) is 5.16. The molecule has 0 aliphatic carbocycles. The van der Waals surface area contributed by atoms with Gasteiger partial charge < -0.3 is 5.73 Å². The molecule has 2 unspecified atom stereocenters. The van der Waals surface area contributed by atoms with Crippen molar-refractivity contribution < 1.29 is 0 Å². The molecule has 5 heteroatoms. The second kappa shape index (κ2) is 6.88. The van der Waals surface area contributed by atoms with Gasteiger partial charge in [-0.15, -0.1) is 11.3 Å². The lowest BCUT2D eigenvalue weighted by Gasteiger charge is -2.33. The summed E-state index contributed by atoms with van der Waals surface area (Å²) >= 11 is 5.39. The van der Waals surface area contributed by atoms with Crippen LogP contribution in [0, 0.1) is 0 Å². The summed E-state index contributed by atoms with van der Waals surface area (Å²) in [5.41, 5.74) is 6.05. The van der Waals surface area contributed by atoms with Gasteiger partial charge in [-0.25, -0.2) is 0 Å². The normalized spacial score (nSPS) is 27.0. The van der Waals surface area contributed by atoms with E-state index in [2.05, 4.69) is 37.9 Å². The van der Waals surface area contributed by atoms with Crippen molar-refractivity contribution in [3.05, 3.63) is 20.8 Å². The van der Waals surface area contributed by atoms with Crippen LogP contribution in [0.2, 0.25) is 0 Å². The minimum Gasteiger partial charge on any atom is -0.329 e. The van der Waals surface area contributed by atoms with E-state index in [1.165, 1.54) is 60.5 Å². The Bertz CT molecular complexity index is 431. The van der Waals surface area contributed by atoms with E-state index < -0.39 is 0 Å². The molecule has 2 atom stereocenters. The van der Waals surface area contributed by atoms with Crippen molar-refractivity contribution in [2.45, 2.75) is 37.8 Å². The highest BCUT2D eigenvalue weighted by Gasteiger charge is 2.32. The summed E-state index contributed by atoms with van der Waals surface area (Å²) in [6, 6.07) is 5.52. The molecule has 2 fully saturated rings. The third-order valence-corrected chi connectivity index (χ3v) is 6.41. The minimum absolute atomic E-state index is 0.404. The molecule has 0 saturated carbocycles. The van der Waals surface area contributed by atoms with Gasteiger partial charge in [-0.1, -0.05) is 6.42 Å². The molecule has 3 rings (SSSR count). The zero-order chi connectivity index (χ0) is 13.9. The highest BCUT2D eigenvalue weighted by atomic mass is 79.9. The Morgan fingerprint density at radius 3 is 2.70 bits per heavy atom. The second-order valence-electron chi connectivity index (χ2n) is 5.93. The number of halogens is 1. The molecule has 2 N–H and O–H groups in total. The Morgan fingerprint density at radius 2 is 2.05 bits per heavy atom. The monoisotopic (exact) mass is 357 g/mol. The lowest BCUT2D eigenvalue weighted by atomic mass is 10.1. The maximum Gasteiger partial charge on any atom is 0.0702 e. The van der Waals surface area contributed by atoms with E-state index in [4.69, 9.17) is 5.73 Å². The Kier molecular flexibility index (Phi) is 5.15. The molecule has 2 aliphatic heterocycles. The topological polar surface area (TPSA) is 32.5 Å². The predicted octanol–water partition coefficient (Wildman–Crippen LogP) is 3.07. The fraction of sp³-hybridized carbons (Fsp3) is 0.733. The molecule has 0 amide bonds. The summed E-state index contributed by atoms with van der Waals surface area (Å²) in [4.78, 5) is 6.71. The third-order valence-electron chi connectivity index (χ3n) is 4.69. The van der Waals surface area contributed by atoms with Gasteiger partial charge in [0, 0.05) is 30.6 Å². The van der Waals surface area contributed by atoms with Gasteiger partial charge in [0.2, 0.25) is 0 Å². The van der Waals surface area contributed by atoms with Crippen LogP contribution in [-0.2, 0) is 0 Å². The Labute approximate surface area is 134 Å². The van der Waals surface area contributed by atoms with Crippen molar-refractivity contribution in [3.8, 4) is 0 Å². The summed E-state index contributed by atoms with van der Waals surface area (Å²) in [7, 11) is 0. The van der Waals surface area contributed by atoms with Crippen LogP contribution >= 0.6 is 27.3 Å². The highest BCUT2D eigenvalue weighted by Crippen LogP contribution is 2.33. The zero-order valence-corrected chi connectivity index (χ0v) is 14.3. The molecule has 0 bridgehead atoms. The molecular formula is C15H24BrN3S. The number of nitrogens with two attached hydrogens (primary N) is 1. The standard InChI is InChI=1S/C15H24BrN3S/c16-15-5-4-14(20-15)13(10-17)19-9-6-12(11-19)18-7-2-1-3-8-18/h4-5,12-13H,1-3,6-11,17H2. The molecule has 0 aromatic carbocycles. The minimum atomic E-state index is 0.404. The van der Waals surface area contributed by atoms with E-state index in [1.807, 2.05) is 11.3 Å². The molecule has 112 valence electrons. The average Bonchev–Trinajstić information content (AvgIpc) is 3.11. The van der Waals surface area contributed by atoms with Gasteiger partial charge in [-0.05, 0) is 60.4 Å². The lowest BCUT2D eigenvalue weighted by molar-refractivity contribution is 0.153. The van der Waals surface area contributed by atoms with Gasteiger partial charge in [0.25, 0.3) is 0 Å². The highest BCUT2D eigenvalue weighted by molar-refractivity contribution is 9.11. The van der Waals surface area contributed by atoms with E-state index in [1.54, 1.807) is 0 Å². The summed E-state index contributed by atoms with van der Waals surface area (Å²) in [5, 5.41) is 0. The van der Waals surface area contributed by atoms with Gasteiger partial charge in [0.15, 0.2) is 0 Å². The van der Waals surface area contributed by atoms with E-state index in [0.29, 0.717) is 6.04 Å². The Hall–Kier alpha value is 0.0600. The van der Waals surface area contributed by atoms with Crippen molar-refractivity contribution in [1.82, 2.24) is 9.80 Å². The van der Waals surface area contributed by atoms with Crippen LogP contribution in [0.15, 0.2) is 15.9 Å². The van der Waals surface area contributed by atoms with Crippen molar-refractivity contribution in [2.24, 2.45) is 5.73 Å². The predicted molar refractivity (Wildman–Crippen MR) is 89.2 cm³/mol. The largest absolute Gasteiger partial charge is 0.329 e. The Morgan fingerprint density at radius 1 is 1.25 bits per heavy atom. The summed E-state index contributed by atoms with van der Waals surface area (Å²) < 4.78 is 1.21. The third kappa shape index (κ3) is 3.28. The molecule has 1 aromatic rings. The number of piperidine rings is 1. The number of thiophene rings is 1.